The maximum absolute atomic E-state index is 12.3. The molecule has 0 aliphatic carbocycles. The van der Waals surface area contributed by atoms with E-state index in [2.05, 4.69) is 10.6 Å². The molecule has 2 aromatic carbocycles. The quantitative estimate of drug-likeness (QED) is 0.522. The molecule has 0 fully saturated rings. The van der Waals surface area contributed by atoms with Crippen LogP contribution in [0.25, 0.3) is 0 Å². The smallest absolute Gasteiger partial charge is 0.269 e. The summed E-state index contributed by atoms with van der Waals surface area (Å²) in [5.74, 6) is -0.626. The number of amides is 2. The van der Waals surface area contributed by atoms with Gasteiger partial charge in [0.25, 0.3) is 17.5 Å². The van der Waals surface area contributed by atoms with E-state index in [9.17, 15) is 19.7 Å². The summed E-state index contributed by atoms with van der Waals surface area (Å²) in [6, 6.07) is 15.6. The Balaban J connectivity index is 1.69. The molecule has 26 heavy (non-hydrogen) atoms. The monoisotopic (exact) mass is 367 g/mol. The van der Waals surface area contributed by atoms with Gasteiger partial charge >= 0.3 is 0 Å². The van der Waals surface area contributed by atoms with Crippen molar-refractivity contribution in [3.05, 3.63) is 86.6 Å². The van der Waals surface area contributed by atoms with Crippen molar-refractivity contribution in [2.45, 2.75) is 0 Å². The van der Waals surface area contributed by atoms with Crippen LogP contribution in [0.15, 0.2) is 66.0 Å². The second kappa shape index (κ2) is 7.58. The third kappa shape index (κ3) is 4.11. The van der Waals surface area contributed by atoms with Crippen LogP contribution < -0.4 is 10.6 Å². The molecular formula is C18H13N3O4S. The minimum atomic E-state index is -0.509. The number of hydrogen-bond donors (Lipinski definition) is 2. The number of nitro groups is 1. The molecule has 2 amide bonds. The van der Waals surface area contributed by atoms with Gasteiger partial charge < -0.3 is 10.6 Å². The first-order valence-electron chi connectivity index (χ1n) is 7.53. The highest BCUT2D eigenvalue weighted by molar-refractivity contribution is 7.12. The maximum Gasteiger partial charge on any atom is 0.269 e. The van der Waals surface area contributed by atoms with Gasteiger partial charge in [-0.05, 0) is 41.8 Å². The summed E-state index contributed by atoms with van der Waals surface area (Å²) in [6.07, 6.45) is 0. The average Bonchev–Trinajstić information content (AvgIpc) is 3.17. The number of rotatable bonds is 5. The van der Waals surface area contributed by atoms with Gasteiger partial charge in [0.05, 0.1) is 9.80 Å². The zero-order valence-corrected chi connectivity index (χ0v) is 14.2. The lowest BCUT2D eigenvalue weighted by atomic mass is 10.1. The Bertz CT molecular complexity index is 953. The maximum atomic E-state index is 12.3. The lowest BCUT2D eigenvalue weighted by Crippen LogP contribution is -2.14. The van der Waals surface area contributed by atoms with Crippen molar-refractivity contribution in [1.82, 2.24) is 0 Å². The van der Waals surface area contributed by atoms with E-state index in [1.807, 2.05) is 5.38 Å². The molecular weight excluding hydrogens is 354 g/mol. The normalized spacial score (nSPS) is 10.2. The van der Waals surface area contributed by atoms with Crippen LogP contribution in [0.3, 0.4) is 0 Å². The number of nitrogens with zero attached hydrogens (tertiary/aromatic N) is 1. The Morgan fingerprint density at radius 3 is 2.27 bits per heavy atom. The van der Waals surface area contributed by atoms with Gasteiger partial charge in [0, 0.05) is 29.1 Å². The van der Waals surface area contributed by atoms with E-state index < -0.39 is 4.92 Å². The van der Waals surface area contributed by atoms with E-state index in [0.29, 0.717) is 21.8 Å². The molecule has 3 rings (SSSR count). The molecule has 3 aromatic rings. The molecule has 7 nitrogen and oxygen atoms in total. The fourth-order valence-electron chi connectivity index (χ4n) is 2.21. The molecule has 1 heterocycles. The molecule has 0 saturated heterocycles. The second-order valence-corrected chi connectivity index (χ2v) is 6.22. The molecule has 0 atom stereocenters. The van der Waals surface area contributed by atoms with Gasteiger partial charge in [0.2, 0.25) is 0 Å². The summed E-state index contributed by atoms with van der Waals surface area (Å²) in [6.45, 7) is 0. The summed E-state index contributed by atoms with van der Waals surface area (Å²) in [5, 5.41) is 17.9. The zero-order chi connectivity index (χ0) is 18.5. The van der Waals surface area contributed by atoms with Gasteiger partial charge in [-0.25, -0.2) is 0 Å². The van der Waals surface area contributed by atoms with E-state index in [-0.39, 0.29) is 17.5 Å². The molecule has 1 aromatic heterocycles. The summed E-state index contributed by atoms with van der Waals surface area (Å²) in [5.41, 5.74) is 1.24. The van der Waals surface area contributed by atoms with Gasteiger partial charge in [0.15, 0.2) is 0 Å². The fraction of sp³-hybridized carbons (Fsp3) is 0. The Morgan fingerprint density at radius 2 is 1.62 bits per heavy atom. The Kier molecular flexibility index (Phi) is 5.04. The number of anilines is 2. The predicted molar refractivity (Wildman–Crippen MR) is 99.8 cm³/mol. The summed E-state index contributed by atoms with van der Waals surface area (Å²) < 4.78 is 0. The molecule has 0 aliphatic rings. The highest BCUT2D eigenvalue weighted by atomic mass is 32.1. The first-order chi connectivity index (χ1) is 12.5. The zero-order valence-electron chi connectivity index (χ0n) is 13.3. The lowest BCUT2D eigenvalue weighted by Gasteiger charge is -2.08. The lowest BCUT2D eigenvalue weighted by molar-refractivity contribution is -0.384. The van der Waals surface area contributed by atoms with Gasteiger partial charge in [0.1, 0.15) is 0 Å². The van der Waals surface area contributed by atoms with E-state index in [4.69, 9.17) is 0 Å². The van der Waals surface area contributed by atoms with Crippen molar-refractivity contribution in [3.8, 4) is 0 Å². The first-order valence-corrected chi connectivity index (χ1v) is 8.41. The number of nitro benzene ring substituents is 1. The average molecular weight is 367 g/mol. The molecule has 0 unspecified atom stereocenters. The van der Waals surface area contributed by atoms with Crippen LogP contribution in [0.4, 0.5) is 17.1 Å². The molecule has 130 valence electrons. The minimum absolute atomic E-state index is 0.0544. The SMILES string of the molecule is O=C(Nc1ccc([N+](=O)[O-])cc1)c1cccc(NC(=O)c2cccs2)c1. The van der Waals surface area contributed by atoms with Crippen LogP contribution in [-0.4, -0.2) is 16.7 Å². The van der Waals surface area contributed by atoms with Crippen LogP contribution in [-0.2, 0) is 0 Å². The Labute approximate surface area is 152 Å². The largest absolute Gasteiger partial charge is 0.322 e. The van der Waals surface area contributed by atoms with Crippen molar-refractivity contribution in [2.75, 3.05) is 10.6 Å². The van der Waals surface area contributed by atoms with E-state index in [1.54, 1.807) is 36.4 Å². The molecule has 0 bridgehead atoms. The van der Waals surface area contributed by atoms with Gasteiger partial charge in [-0.3, -0.25) is 19.7 Å². The third-order valence-corrected chi connectivity index (χ3v) is 4.33. The first kappa shape index (κ1) is 17.3. The number of hydrogen-bond acceptors (Lipinski definition) is 5. The second-order valence-electron chi connectivity index (χ2n) is 5.27. The van der Waals surface area contributed by atoms with Crippen molar-refractivity contribution in [3.63, 3.8) is 0 Å². The standard InChI is InChI=1S/C18H13N3O4S/c22-17(19-13-6-8-15(9-7-13)21(24)25)12-3-1-4-14(11-12)20-18(23)16-5-2-10-26-16/h1-11H,(H,19,22)(H,20,23). The molecule has 0 aliphatic heterocycles. The van der Waals surface area contributed by atoms with Crippen LogP contribution in [0.5, 0.6) is 0 Å². The summed E-state index contributed by atoms with van der Waals surface area (Å²) >= 11 is 1.33. The summed E-state index contributed by atoms with van der Waals surface area (Å²) in [7, 11) is 0. The van der Waals surface area contributed by atoms with Crippen molar-refractivity contribution in [1.29, 1.82) is 0 Å². The highest BCUT2D eigenvalue weighted by Gasteiger charge is 2.11. The fourth-order valence-corrected chi connectivity index (χ4v) is 2.83. The van der Waals surface area contributed by atoms with Gasteiger partial charge in [-0.15, -0.1) is 11.3 Å². The topological polar surface area (TPSA) is 101 Å². The number of thiophene rings is 1. The highest BCUT2D eigenvalue weighted by Crippen LogP contribution is 2.18. The summed E-state index contributed by atoms with van der Waals surface area (Å²) in [4.78, 5) is 35.1. The molecule has 0 saturated carbocycles. The Morgan fingerprint density at radius 1 is 0.885 bits per heavy atom. The Hall–Kier alpha value is -3.52. The van der Waals surface area contributed by atoms with E-state index >= 15 is 0 Å². The van der Waals surface area contributed by atoms with E-state index in [0.717, 1.165) is 0 Å². The minimum Gasteiger partial charge on any atom is -0.322 e. The van der Waals surface area contributed by atoms with Gasteiger partial charge in [-0.1, -0.05) is 12.1 Å². The number of carbonyl (C=O) groups is 2. The molecule has 0 spiro atoms. The van der Waals surface area contributed by atoms with Crippen molar-refractivity contribution >= 4 is 40.2 Å². The van der Waals surface area contributed by atoms with Crippen molar-refractivity contribution < 1.29 is 14.5 Å². The number of carbonyl (C=O) groups excluding carboxylic acids is 2. The number of nitrogens with one attached hydrogen (secondary N) is 2. The molecule has 0 radical (unpaired) electrons. The number of benzene rings is 2. The van der Waals surface area contributed by atoms with Crippen LogP contribution in [0.1, 0.15) is 20.0 Å². The van der Waals surface area contributed by atoms with Gasteiger partial charge in [-0.2, -0.15) is 0 Å². The molecule has 8 heteroatoms. The number of non-ortho nitro benzene ring substituents is 1. The molecule has 2 N–H and O–H groups in total. The van der Waals surface area contributed by atoms with Crippen LogP contribution >= 0.6 is 11.3 Å². The van der Waals surface area contributed by atoms with Crippen LogP contribution in [0.2, 0.25) is 0 Å². The van der Waals surface area contributed by atoms with E-state index in [1.165, 1.54) is 35.6 Å². The predicted octanol–water partition coefficient (Wildman–Crippen LogP) is 4.16. The third-order valence-electron chi connectivity index (χ3n) is 3.46. The van der Waals surface area contributed by atoms with Crippen molar-refractivity contribution in [2.24, 2.45) is 0 Å². The van der Waals surface area contributed by atoms with Crippen LogP contribution in [0, 0.1) is 10.1 Å².